The molecule has 0 aliphatic carbocycles. The average Bonchev–Trinajstić information content (AvgIpc) is 3.02. The Morgan fingerprint density at radius 1 is 1.08 bits per heavy atom. The molecule has 0 fully saturated rings. The van der Waals surface area contributed by atoms with Gasteiger partial charge in [0.15, 0.2) is 0 Å². The molecule has 3 rings (SSSR count). The van der Waals surface area contributed by atoms with Gasteiger partial charge in [-0.15, -0.1) is 5.10 Å². The summed E-state index contributed by atoms with van der Waals surface area (Å²) in [6.45, 7) is 0.905. The van der Waals surface area contributed by atoms with E-state index in [0.29, 0.717) is 22.3 Å². The second kappa shape index (κ2) is 7.55. The van der Waals surface area contributed by atoms with Gasteiger partial charge in [0.05, 0.1) is 24.9 Å². The molecule has 0 spiro atoms. The SMILES string of the molecule is COc1ccc(Cn2cc(COc3ccc(Cl)cc3Cl)nn2)cc1. The number of ether oxygens (including phenoxy) is 2. The highest BCUT2D eigenvalue weighted by atomic mass is 35.5. The minimum absolute atomic E-state index is 0.282. The molecular weight excluding hydrogens is 349 g/mol. The second-order valence-corrected chi connectivity index (χ2v) is 5.96. The number of rotatable bonds is 6. The molecule has 2 aromatic carbocycles. The van der Waals surface area contributed by atoms with Crippen molar-refractivity contribution in [3.05, 3.63) is 70.0 Å². The van der Waals surface area contributed by atoms with E-state index in [0.717, 1.165) is 17.0 Å². The number of hydrogen-bond acceptors (Lipinski definition) is 4. The van der Waals surface area contributed by atoms with E-state index in [1.54, 1.807) is 30.0 Å². The van der Waals surface area contributed by atoms with Gasteiger partial charge in [-0.25, -0.2) is 4.68 Å². The Morgan fingerprint density at radius 3 is 2.58 bits per heavy atom. The molecule has 7 heteroatoms. The average molecular weight is 364 g/mol. The molecule has 124 valence electrons. The summed E-state index contributed by atoms with van der Waals surface area (Å²) in [5.41, 5.74) is 1.82. The molecule has 0 N–H and O–H groups in total. The van der Waals surface area contributed by atoms with Crippen molar-refractivity contribution in [2.24, 2.45) is 0 Å². The van der Waals surface area contributed by atoms with Gasteiger partial charge in [0.25, 0.3) is 0 Å². The van der Waals surface area contributed by atoms with Gasteiger partial charge in [0.2, 0.25) is 0 Å². The van der Waals surface area contributed by atoms with Crippen molar-refractivity contribution in [1.82, 2.24) is 15.0 Å². The number of benzene rings is 2. The van der Waals surface area contributed by atoms with E-state index in [1.807, 2.05) is 30.5 Å². The highest BCUT2D eigenvalue weighted by Crippen LogP contribution is 2.28. The first-order valence-electron chi connectivity index (χ1n) is 7.24. The Bertz CT molecular complexity index is 819. The fourth-order valence-corrected chi connectivity index (χ4v) is 2.61. The van der Waals surface area contributed by atoms with E-state index in [1.165, 1.54) is 0 Å². The molecule has 1 heterocycles. The van der Waals surface area contributed by atoms with Crippen LogP contribution in [-0.2, 0) is 13.2 Å². The molecule has 5 nitrogen and oxygen atoms in total. The zero-order valence-corrected chi connectivity index (χ0v) is 14.5. The van der Waals surface area contributed by atoms with Crippen molar-refractivity contribution in [2.75, 3.05) is 7.11 Å². The quantitative estimate of drug-likeness (QED) is 0.657. The maximum Gasteiger partial charge on any atom is 0.138 e. The Morgan fingerprint density at radius 2 is 1.88 bits per heavy atom. The summed E-state index contributed by atoms with van der Waals surface area (Å²) < 4.78 is 12.5. The number of hydrogen-bond donors (Lipinski definition) is 0. The van der Waals surface area contributed by atoms with Gasteiger partial charge < -0.3 is 9.47 Å². The van der Waals surface area contributed by atoms with Gasteiger partial charge in [0, 0.05) is 5.02 Å². The Balaban J connectivity index is 1.60. The van der Waals surface area contributed by atoms with Crippen LogP contribution in [0.5, 0.6) is 11.5 Å². The third kappa shape index (κ3) is 4.19. The van der Waals surface area contributed by atoms with Crippen molar-refractivity contribution in [3.8, 4) is 11.5 Å². The second-order valence-electron chi connectivity index (χ2n) is 5.12. The van der Waals surface area contributed by atoms with Crippen LogP contribution in [0, 0.1) is 0 Å². The van der Waals surface area contributed by atoms with Gasteiger partial charge in [-0.3, -0.25) is 0 Å². The first-order valence-corrected chi connectivity index (χ1v) is 7.99. The van der Waals surface area contributed by atoms with Crippen LogP contribution in [0.2, 0.25) is 10.0 Å². The highest BCUT2D eigenvalue weighted by molar-refractivity contribution is 6.35. The molecule has 0 aliphatic heterocycles. The summed E-state index contributed by atoms with van der Waals surface area (Å²) in [5, 5.41) is 9.24. The smallest absolute Gasteiger partial charge is 0.138 e. The highest BCUT2D eigenvalue weighted by Gasteiger charge is 2.06. The first kappa shape index (κ1) is 16.6. The predicted octanol–water partition coefficient (Wildman–Crippen LogP) is 4.22. The minimum atomic E-state index is 0.282. The van der Waals surface area contributed by atoms with Crippen molar-refractivity contribution < 1.29 is 9.47 Å². The lowest BCUT2D eigenvalue weighted by atomic mass is 10.2. The van der Waals surface area contributed by atoms with Gasteiger partial charge in [-0.05, 0) is 35.9 Å². The summed E-state index contributed by atoms with van der Waals surface area (Å²) in [7, 11) is 1.64. The molecule has 0 unspecified atom stereocenters. The van der Waals surface area contributed by atoms with Crippen LogP contribution >= 0.6 is 23.2 Å². The summed E-state index contributed by atoms with van der Waals surface area (Å²) >= 11 is 11.9. The standard InChI is InChI=1S/C17H15Cl2N3O2/c1-23-15-5-2-12(3-6-15)9-22-10-14(20-21-22)11-24-17-7-4-13(18)8-16(17)19/h2-8,10H,9,11H2,1H3. The molecule has 0 aliphatic rings. The summed E-state index contributed by atoms with van der Waals surface area (Å²) in [6, 6.07) is 12.9. The topological polar surface area (TPSA) is 49.2 Å². The fourth-order valence-electron chi connectivity index (χ4n) is 2.14. The third-order valence-corrected chi connectivity index (χ3v) is 3.89. The lowest BCUT2D eigenvalue weighted by Gasteiger charge is -2.06. The summed E-state index contributed by atoms with van der Waals surface area (Å²) in [4.78, 5) is 0. The maximum atomic E-state index is 6.07. The van der Waals surface area contributed by atoms with E-state index in [9.17, 15) is 0 Å². The first-order chi connectivity index (χ1) is 11.6. The number of methoxy groups -OCH3 is 1. The Labute approximate surface area is 149 Å². The van der Waals surface area contributed by atoms with Crippen molar-refractivity contribution in [3.63, 3.8) is 0 Å². The minimum Gasteiger partial charge on any atom is -0.497 e. The summed E-state index contributed by atoms with van der Waals surface area (Å²) in [6.07, 6.45) is 1.84. The Kier molecular flexibility index (Phi) is 5.23. The van der Waals surface area contributed by atoms with Crippen molar-refractivity contribution >= 4 is 23.2 Å². The van der Waals surface area contributed by atoms with Crippen LogP contribution in [0.15, 0.2) is 48.7 Å². The van der Waals surface area contributed by atoms with Crippen LogP contribution in [-0.4, -0.2) is 22.1 Å². The van der Waals surface area contributed by atoms with Gasteiger partial charge in [0.1, 0.15) is 23.8 Å². The third-order valence-electron chi connectivity index (χ3n) is 3.36. The molecule has 24 heavy (non-hydrogen) atoms. The van der Waals surface area contributed by atoms with E-state index in [4.69, 9.17) is 32.7 Å². The number of halogens is 2. The molecule has 0 bridgehead atoms. The molecule has 3 aromatic rings. The zero-order chi connectivity index (χ0) is 16.9. The van der Waals surface area contributed by atoms with Crippen molar-refractivity contribution in [2.45, 2.75) is 13.2 Å². The molecule has 0 amide bonds. The van der Waals surface area contributed by atoms with Crippen molar-refractivity contribution in [1.29, 1.82) is 0 Å². The number of nitrogens with zero attached hydrogens (tertiary/aromatic N) is 3. The summed E-state index contributed by atoms with van der Waals surface area (Å²) in [5.74, 6) is 1.39. The van der Waals surface area contributed by atoms with Gasteiger partial charge in [-0.1, -0.05) is 40.5 Å². The van der Waals surface area contributed by atoms with E-state index in [2.05, 4.69) is 10.3 Å². The fraction of sp³-hybridized carbons (Fsp3) is 0.176. The Hall–Kier alpha value is -2.24. The van der Waals surface area contributed by atoms with E-state index >= 15 is 0 Å². The predicted molar refractivity (Wildman–Crippen MR) is 92.9 cm³/mol. The van der Waals surface area contributed by atoms with Gasteiger partial charge >= 0.3 is 0 Å². The number of aromatic nitrogens is 3. The normalized spacial score (nSPS) is 10.6. The molecule has 0 radical (unpaired) electrons. The lowest BCUT2D eigenvalue weighted by Crippen LogP contribution is -2.00. The molecule has 0 atom stereocenters. The van der Waals surface area contributed by atoms with Crippen LogP contribution in [0.4, 0.5) is 0 Å². The molecule has 0 saturated heterocycles. The molecule has 1 aromatic heterocycles. The van der Waals surface area contributed by atoms with Crippen LogP contribution < -0.4 is 9.47 Å². The molecule has 0 saturated carbocycles. The monoisotopic (exact) mass is 363 g/mol. The maximum absolute atomic E-state index is 6.07. The van der Waals surface area contributed by atoms with Crippen LogP contribution in [0.1, 0.15) is 11.3 Å². The largest absolute Gasteiger partial charge is 0.497 e. The van der Waals surface area contributed by atoms with E-state index in [-0.39, 0.29) is 6.61 Å². The van der Waals surface area contributed by atoms with Crippen LogP contribution in [0.25, 0.3) is 0 Å². The zero-order valence-electron chi connectivity index (χ0n) is 12.9. The van der Waals surface area contributed by atoms with E-state index < -0.39 is 0 Å². The van der Waals surface area contributed by atoms with Crippen LogP contribution in [0.3, 0.4) is 0 Å². The van der Waals surface area contributed by atoms with Gasteiger partial charge in [-0.2, -0.15) is 0 Å². The lowest BCUT2D eigenvalue weighted by molar-refractivity contribution is 0.301. The molecular formula is C17H15Cl2N3O2.